The van der Waals surface area contributed by atoms with Crippen LogP contribution in [0.15, 0.2) is 30.3 Å². The van der Waals surface area contributed by atoms with Crippen molar-refractivity contribution in [2.75, 3.05) is 5.75 Å². The summed E-state index contributed by atoms with van der Waals surface area (Å²) in [5, 5.41) is 33.9. The first-order chi connectivity index (χ1) is 16.4. The molecule has 0 aliphatic rings. The molecule has 0 aromatic heterocycles. The van der Waals surface area contributed by atoms with Crippen molar-refractivity contribution in [1.82, 2.24) is 16.0 Å². The van der Waals surface area contributed by atoms with E-state index in [9.17, 15) is 33.9 Å². The van der Waals surface area contributed by atoms with Crippen molar-refractivity contribution >= 4 is 48.3 Å². The Balaban J connectivity index is 2.89. The number of amides is 3. The van der Waals surface area contributed by atoms with Crippen LogP contribution in [0.2, 0.25) is 0 Å². The van der Waals surface area contributed by atoms with Gasteiger partial charge < -0.3 is 37.0 Å². The van der Waals surface area contributed by atoms with E-state index in [4.69, 9.17) is 15.9 Å². The second-order valence-electron chi connectivity index (χ2n) is 7.53. The predicted octanol–water partition coefficient (Wildman–Crippen LogP) is -1.64. The molecule has 0 heterocycles. The molecule has 4 unspecified atom stereocenters. The number of nitrogens with two attached hydrogens (primary N) is 1. The first-order valence-electron chi connectivity index (χ1n) is 10.4. The van der Waals surface area contributed by atoms with Crippen molar-refractivity contribution in [3.8, 4) is 0 Å². The summed E-state index contributed by atoms with van der Waals surface area (Å²) in [6.07, 6.45) is -1.64. The van der Waals surface area contributed by atoms with E-state index in [1.165, 1.54) is 0 Å². The number of carbonyl (C=O) groups excluding carboxylic acids is 3. The van der Waals surface area contributed by atoms with E-state index in [0.29, 0.717) is 5.56 Å². The quantitative estimate of drug-likeness (QED) is 0.125. The third kappa shape index (κ3) is 10.9. The van der Waals surface area contributed by atoms with Crippen LogP contribution in [0, 0.1) is 0 Å². The minimum Gasteiger partial charge on any atom is -0.481 e. The molecule has 1 aromatic rings. The third-order valence-corrected chi connectivity index (χ3v) is 5.09. The maximum absolute atomic E-state index is 12.7. The number of hydrogen-bond donors (Lipinski definition) is 8. The van der Waals surface area contributed by atoms with Crippen molar-refractivity contribution in [3.05, 3.63) is 35.9 Å². The molecule has 0 radical (unpaired) electrons. The number of carboxylic acid groups (broad SMARTS) is 3. The summed E-state index contributed by atoms with van der Waals surface area (Å²) >= 11 is 4.01. The lowest BCUT2D eigenvalue weighted by Crippen LogP contribution is -2.58. The second kappa shape index (κ2) is 14.6. The molecule has 0 fully saturated rings. The first kappa shape index (κ1) is 29.4. The van der Waals surface area contributed by atoms with Crippen LogP contribution in [0.4, 0.5) is 0 Å². The smallest absolute Gasteiger partial charge is 0.326 e. The molecule has 3 amide bonds. The van der Waals surface area contributed by atoms with Gasteiger partial charge >= 0.3 is 17.9 Å². The highest BCUT2D eigenvalue weighted by molar-refractivity contribution is 7.80. The summed E-state index contributed by atoms with van der Waals surface area (Å²) in [5.41, 5.74) is 6.13. The fourth-order valence-corrected chi connectivity index (χ4v) is 3.14. The van der Waals surface area contributed by atoms with Gasteiger partial charge in [0.2, 0.25) is 17.7 Å². The molecule has 0 saturated carbocycles. The molecule has 1 aromatic carbocycles. The maximum Gasteiger partial charge on any atom is 0.326 e. The standard InChI is InChI=1S/C21H28N4O9S/c22-12(9-17(28)29)18(30)23-13(6-7-16(26)27)19(31)25-15(10-35)20(32)24-14(21(33)34)8-11-4-2-1-3-5-11/h1-5,12-15,35H,6-10,22H2,(H,23,30)(H,24,32)(H,25,31)(H,26,27)(H,28,29)(H,33,34). The Kier molecular flexibility index (Phi) is 12.2. The Bertz CT molecular complexity index is 929. The minimum atomic E-state index is -1.49. The molecular formula is C21H28N4O9S. The van der Waals surface area contributed by atoms with Gasteiger partial charge in [0, 0.05) is 18.6 Å². The van der Waals surface area contributed by atoms with Gasteiger partial charge in [-0.15, -0.1) is 0 Å². The van der Waals surface area contributed by atoms with Gasteiger partial charge in [-0.25, -0.2) is 4.79 Å². The van der Waals surface area contributed by atoms with Crippen LogP contribution >= 0.6 is 12.6 Å². The summed E-state index contributed by atoms with van der Waals surface area (Å²) in [4.78, 5) is 70.8. The molecule has 1 rings (SSSR count). The van der Waals surface area contributed by atoms with Crippen molar-refractivity contribution < 1.29 is 44.1 Å². The highest BCUT2D eigenvalue weighted by atomic mass is 32.1. The van der Waals surface area contributed by atoms with Crippen LogP contribution in [0.25, 0.3) is 0 Å². The highest BCUT2D eigenvalue weighted by Gasteiger charge is 2.30. The summed E-state index contributed by atoms with van der Waals surface area (Å²) < 4.78 is 0. The van der Waals surface area contributed by atoms with Gasteiger partial charge in [-0.05, 0) is 12.0 Å². The molecule has 0 spiro atoms. The Hall–Kier alpha value is -3.65. The Morgan fingerprint density at radius 3 is 1.86 bits per heavy atom. The van der Waals surface area contributed by atoms with E-state index in [1.54, 1.807) is 30.3 Å². The lowest BCUT2D eigenvalue weighted by Gasteiger charge is -2.24. The number of nitrogens with one attached hydrogen (secondary N) is 3. The van der Waals surface area contributed by atoms with E-state index in [0.717, 1.165) is 0 Å². The fourth-order valence-electron chi connectivity index (χ4n) is 2.88. The van der Waals surface area contributed by atoms with E-state index in [2.05, 4.69) is 28.6 Å². The summed E-state index contributed by atoms with van der Waals surface area (Å²) in [7, 11) is 0. The molecular weight excluding hydrogens is 484 g/mol. The van der Waals surface area contributed by atoms with E-state index < -0.39 is 72.6 Å². The fraction of sp³-hybridized carbons (Fsp3) is 0.429. The van der Waals surface area contributed by atoms with Gasteiger partial charge in [-0.1, -0.05) is 30.3 Å². The number of carbonyl (C=O) groups is 6. The van der Waals surface area contributed by atoms with Crippen molar-refractivity contribution in [2.24, 2.45) is 5.73 Å². The summed E-state index contributed by atoms with van der Waals surface area (Å²) in [6, 6.07) is 2.97. The lowest BCUT2D eigenvalue weighted by molar-refractivity contribution is -0.142. The number of rotatable bonds is 15. The molecule has 13 nitrogen and oxygen atoms in total. The Morgan fingerprint density at radius 1 is 0.800 bits per heavy atom. The molecule has 35 heavy (non-hydrogen) atoms. The average Bonchev–Trinajstić information content (AvgIpc) is 2.79. The van der Waals surface area contributed by atoms with Crippen LogP contribution in [0.1, 0.15) is 24.8 Å². The zero-order valence-corrected chi connectivity index (χ0v) is 19.4. The second-order valence-corrected chi connectivity index (χ2v) is 7.90. The van der Waals surface area contributed by atoms with Crippen LogP contribution in [-0.4, -0.2) is 80.9 Å². The van der Waals surface area contributed by atoms with Crippen LogP contribution in [-0.2, 0) is 35.2 Å². The monoisotopic (exact) mass is 512 g/mol. The predicted molar refractivity (Wildman–Crippen MR) is 125 cm³/mol. The van der Waals surface area contributed by atoms with Crippen molar-refractivity contribution in [1.29, 1.82) is 0 Å². The Morgan fingerprint density at radius 2 is 1.34 bits per heavy atom. The van der Waals surface area contributed by atoms with E-state index >= 15 is 0 Å². The summed E-state index contributed by atoms with van der Waals surface area (Å²) in [5.74, 6) is -6.97. The first-order valence-corrected chi connectivity index (χ1v) is 11.1. The molecule has 0 bridgehead atoms. The molecule has 8 N–H and O–H groups in total. The lowest BCUT2D eigenvalue weighted by atomic mass is 10.1. The Labute approximate surface area is 205 Å². The van der Waals surface area contributed by atoms with Crippen LogP contribution in [0.3, 0.4) is 0 Å². The normalized spacial score (nSPS) is 14.0. The minimum absolute atomic E-state index is 0.0199. The number of carboxylic acids is 3. The van der Waals surface area contributed by atoms with Crippen molar-refractivity contribution in [2.45, 2.75) is 49.9 Å². The largest absolute Gasteiger partial charge is 0.481 e. The van der Waals surface area contributed by atoms with Gasteiger partial charge in [-0.3, -0.25) is 24.0 Å². The average molecular weight is 513 g/mol. The summed E-state index contributed by atoms with van der Waals surface area (Å²) in [6.45, 7) is 0. The zero-order valence-electron chi connectivity index (χ0n) is 18.5. The number of aliphatic carboxylic acids is 3. The topological polar surface area (TPSA) is 225 Å². The molecule has 14 heteroatoms. The maximum atomic E-state index is 12.7. The van der Waals surface area contributed by atoms with Gasteiger partial charge in [0.25, 0.3) is 0 Å². The molecule has 4 atom stereocenters. The zero-order chi connectivity index (χ0) is 26.5. The van der Waals surface area contributed by atoms with Gasteiger partial charge in [-0.2, -0.15) is 12.6 Å². The van der Waals surface area contributed by atoms with E-state index in [-0.39, 0.29) is 18.6 Å². The molecule has 192 valence electrons. The van der Waals surface area contributed by atoms with Gasteiger partial charge in [0.05, 0.1) is 12.5 Å². The van der Waals surface area contributed by atoms with Gasteiger partial charge in [0.15, 0.2) is 0 Å². The number of thiol groups is 1. The molecule has 0 aliphatic heterocycles. The van der Waals surface area contributed by atoms with Crippen molar-refractivity contribution in [3.63, 3.8) is 0 Å². The third-order valence-electron chi connectivity index (χ3n) is 4.72. The molecule has 0 aliphatic carbocycles. The van der Waals surface area contributed by atoms with Gasteiger partial charge in [0.1, 0.15) is 18.1 Å². The molecule has 0 saturated heterocycles. The van der Waals surface area contributed by atoms with Crippen LogP contribution < -0.4 is 21.7 Å². The number of hydrogen-bond acceptors (Lipinski definition) is 8. The van der Waals surface area contributed by atoms with Crippen LogP contribution in [0.5, 0.6) is 0 Å². The SMILES string of the molecule is NC(CC(=O)O)C(=O)NC(CCC(=O)O)C(=O)NC(CS)C(=O)NC(Cc1ccccc1)C(=O)O. The highest BCUT2D eigenvalue weighted by Crippen LogP contribution is 2.05. The van der Waals surface area contributed by atoms with E-state index in [1.807, 2.05) is 0 Å². The number of benzene rings is 1.